The van der Waals surface area contributed by atoms with Gasteiger partial charge in [-0.2, -0.15) is 0 Å². The molecule has 1 heterocycles. The Morgan fingerprint density at radius 1 is 1.05 bits per heavy atom. The first-order valence-corrected chi connectivity index (χ1v) is 6.75. The Morgan fingerprint density at radius 2 is 1.71 bits per heavy atom. The molecular formula is C15H15N3O2S. The first-order chi connectivity index (χ1) is 9.99. The van der Waals surface area contributed by atoms with Gasteiger partial charge < -0.3 is 4.98 Å². The van der Waals surface area contributed by atoms with Crippen molar-refractivity contribution < 1.29 is 9.59 Å². The van der Waals surface area contributed by atoms with Crippen LogP contribution in [0.15, 0.2) is 36.5 Å². The number of H-pyrrole nitrogens is 1. The van der Waals surface area contributed by atoms with E-state index in [4.69, 9.17) is 12.2 Å². The van der Waals surface area contributed by atoms with Crippen molar-refractivity contribution in [2.45, 2.75) is 13.8 Å². The molecule has 5 nitrogen and oxygen atoms in total. The van der Waals surface area contributed by atoms with E-state index < -0.39 is 5.91 Å². The van der Waals surface area contributed by atoms with Gasteiger partial charge in [0.25, 0.3) is 11.8 Å². The highest BCUT2D eigenvalue weighted by Crippen LogP contribution is 2.10. The molecule has 1 aromatic carbocycles. The number of aromatic nitrogens is 1. The largest absolute Gasteiger partial charge is 0.352 e. The minimum absolute atomic E-state index is 0.299. The zero-order valence-corrected chi connectivity index (χ0v) is 12.5. The smallest absolute Gasteiger partial charge is 0.272 e. The third kappa shape index (κ3) is 3.55. The maximum Gasteiger partial charge on any atom is 0.272 e. The van der Waals surface area contributed by atoms with Gasteiger partial charge in [0.2, 0.25) is 0 Å². The van der Waals surface area contributed by atoms with Crippen LogP contribution >= 0.6 is 12.2 Å². The van der Waals surface area contributed by atoms with Crippen LogP contribution < -0.4 is 10.9 Å². The Morgan fingerprint density at radius 3 is 2.33 bits per heavy atom. The Balaban J connectivity index is 2.06. The number of nitrogens with one attached hydrogen (secondary N) is 3. The molecule has 2 rings (SSSR count). The van der Waals surface area contributed by atoms with Gasteiger partial charge in [0, 0.05) is 11.8 Å². The van der Waals surface area contributed by atoms with E-state index in [9.17, 15) is 9.59 Å². The topological polar surface area (TPSA) is 74.0 Å². The number of rotatable bonds is 2. The molecule has 3 N–H and O–H groups in total. The summed E-state index contributed by atoms with van der Waals surface area (Å²) in [7, 11) is 0. The third-order valence-corrected chi connectivity index (χ3v) is 3.32. The van der Waals surface area contributed by atoms with Crippen molar-refractivity contribution in [1.29, 1.82) is 0 Å². The summed E-state index contributed by atoms with van der Waals surface area (Å²) >= 11 is 5.01. The van der Waals surface area contributed by atoms with Crippen molar-refractivity contribution in [3.63, 3.8) is 0 Å². The molecular weight excluding hydrogens is 286 g/mol. The quantitative estimate of drug-likeness (QED) is 0.589. The Kier molecular flexibility index (Phi) is 4.49. The number of pyridine rings is 1. The highest BCUT2D eigenvalue weighted by Gasteiger charge is 2.11. The Labute approximate surface area is 127 Å². The van der Waals surface area contributed by atoms with Gasteiger partial charge in [-0.3, -0.25) is 20.4 Å². The van der Waals surface area contributed by atoms with Crippen LogP contribution in [0.4, 0.5) is 0 Å². The minimum atomic E-state index is -0.463. The number of aryl methyl sites for hydroxylation is 2. The predicted molar refractivity (Wildman–Crippen MR) is 82.5 cm³/mol. The number of aromatic amines is 1. The van der Waals surface area contributed by atoms with Gasteiger partial charge in [0.1, 0.15) is 4.64 Å². The van der Waals surface area contributed by atoms with Gasteiger partial charge in [-0.25, -0.2) is 0 Å². The highest BCUT2D eigenvalue weighted by atomic mass is 32.1. The fourth-order valence-electron chi connectivity index (χ4n) is 1.92. The highest BCUT2D eigenvalue weighted by molar-refractivity contribution is 7.71. The zero-order chi connectivity index (χ0) is 15.4. The van der Waals surface area contributed by atoms with E-state index >= 15 is 0 Å². The summed E-state index contributed by atoms with van der Waals surface area (Å²) in [6.07, 6.45) is 1.63. The van der Waals surface area contributed by atoms with Crippen LogP contribution in [0.1, 0.15) is 31.8 Å². The van der Waals surface area contributed by atoms with E-state index in [1.54, 1.807) is 24.4 Å². The molecule has 0 fully saturated rings. The fraction of sp³-hybridized carbons (Fsp3) is 0.133. The van der Waals surface area contributed by atoms with Crippen LogP contribution in [-0.4, -0.2) is 16.8 Å². The molecule has 0 aliphatic rings. The molecule has 0 saturated carbocycles. The number of amides is 2. The van der Waals surface area contributed by atoms with Crippen molar-refractivity contribution >= 4 is 24.0 Å². The number of benzene rings is 1. The van der Waals surface area contributed by atoms with Crippen molar-refractivity contribution in [2.24, 2.45) is 0 Å². The number of carbonyl (C=O) groups is 2. The summed E-state index contributed by atoms with van der Waals surface area (Å²) in [5.74, 6) is -0.832. The number of carbonyl (C=O) groups excluding carboxylic acids is 2. The number of hydrazine groups is 1. The third-order valence-electron chi connectivity index (χ3n) is 2.98. The van der Waals surface area contributed by atoms with Crippen molar-refractivity contribution in [1.82, 2.24) is 15.8 Å². The summed E-state index contributed by atoms with van der Waals surface area (Å²) in [5.41, 5.74) is 7.47. The Bertz CT molecular complexity index is 753. The predicted octanol–water partition coefficient (Wildman–Crippen LogP) is 2.44. The van der Waals surface area contributed by atoms with E-state index in [-0.39, 0.29) is 5.91 Å². The second kappa shape index (κ2) is 6.32. The molecule has 0 saturated heterocycles. The van der Waals surface area contributed by atoms with Gasteiger partial charge in [-0.15, -0.1) is 0 Å². The minimum Gasteiger partial charge on any atom is -0.352 e. The van der Waals surface area contributed by atoms with E-state index in [1.807, 2.05) is 26.0 Å². The second-order valence-corrected chi connectivity index (χ2v) is 5.05. The van der Waals surface area contributed by atoms with E-state index in [2.05, 4.69) is 15.8 Å². The Hall–Kier alpha value is -2.47. The summed E-state index contributed by atoms with van der Waals surface area (Å²) in [6, 6.07) is 8.72. The van der Waals surface area contributed by atoms with Crippen LogP contribution in [0, 0.1) is 18.5 Å². The van der Waals surface area contributed by atoms with Crippen molar-refractivity contribution in [3.8, 4) is 0 Å². The molecule has 6 heteroatoms. The molecule has 0 unspecified atom stereocenters. The molecule has 0 radical (unpaired) electrons. The average molecular weight is 301 g/mol. The zero-order valence-electron chi connectivity index (χ0n) is 11.7. The van der Waals surface area contributed by atoms with Crippen LogP contribution in [-0.2, 0) is 0 Å². The number of hydrogen-bond acceptors (Lipinski definition) is 3. The SMILES string of the molecule is Cc1ccc(C(=O)NNC(=O)c2ccc[nH]c2=S)c(C)c1. The molecule has 21 heavy (non-hydrogen) atoms. The van der Waals surface area contributed by atoms with Gasteiger partial charge >= 0.3 is 0 Å². The molecule has 1 aromatic heterocycles. The summed E-state index contributed by atoms with van der Waals surface area (Å²) in [4.78, 5) is 26.7. The van der Waals surface area contributed by atoms with Crippen LogP contribution in [0.2, 0.25) is 0 Å². The lowest BCUT2D eigenvalue weighted by Gasteiger charge is -2.09. The first-order valence-electron chi connectivity index (χ1n) is 6.34. The lowest BCUT2D eigenvalue weighted by Crippen LogP contribution is -2.42. The molecule has 0 bridgehead atoms. The molecule has 108 valence electrons. The van der Waals surface area contributed by atoms with E-state index in [1.165, 1.54) is 0 Å². The standard InChI is InChI=1S/C15H15N3O2S/c1-9-5-6-11(10(2)8-9)13(19)17-18-14(20)12-4-3-7-16-15(12)21/h3-8H,1-2H3,(H,16,21)(H,17,19)(H,18,20). The lowest BCUT2D eigenvalue weighted by molar-refractivity contribution is 0.0846. The molecule has 0 aliphatic heterocycles. The summed E-state index contributed by atoms with van der Waals surface area (Å²) < 4.78 is 0.316. The van der Waals surface area contributed by atoms with Gasteiger partial charge in [-0.1, -0.05) is 29.9 Å². The van der Waals surface area contributed by atoms with Gasteiger partial charge in [0.15, 0.2) is 0 Å². The summed E-state index contributed by atoms with van der Waals surface area (Å²) in [5, 5.41) is 0. The first kappa shape index (κ1) is 14.9. The molecule has 2 amide bonds. The van der Waals surface area contributed by atoms with Crippen LogP contribution in [0.25, 0.3) is 0 Å². The summed E-state index contributed by atoms with van der Waals surface area (Å²) in [6.45, 7) is 3.80. The van der Waals surface area contributed by atoms with E-state index in [0.29, 0.717) is 15.8 Å². The van der Waals surface area contributed by atoms with Gasteiger partial charge in [0.05, 0.1) is 5.56 Å². The maximum atomic E-state index is 12.0. The molecule has 2 aromatic rings. The van der Waals surface area contributed by atoms with Crippen molar-refractivity contribution in [3.05, 3.63) is 63.4 Å². The monoisotopic (exact) mass is 301 g/mol. The maximum absolute atomic E-state index is 12.0. The molecule has 0 atom stereocenters. The molecule has 0 spiro atoms. The van der Waals surface area contributed by atoms with E-state index in [0.717, 1.165) is 11.1 Å². The van der Waals surface area contributed by atoms with Crippen molar-refractivity contribution in [2.75, 3.05) is 0 Å². The van der Waals surface area contributed by atoms with Crippen LogP contribution in [0.5, 0.6) is 0 Å². The second-order valence-electron chi connectivity index (χ2n) is 4.64. The van der Waals surface area contributed by atoms with Crippen LogP contribution in [0.3, 0.4) is 0 Å². The fourth-order valence-corrected chi connectivity index (χ4v) is 2.15. The lowest BCUT2D eigenvalue weighted by atomic mass is 10.1. The molecule has 0 aliphatic carbocycles. The normalized spacial score (nSPS) is 10.0. The van der Waals surface area contributed by atoms with Gasteiger partial charge in [-0.05, 0) is 37.6 Å². The number of hydrogen-bond donors (Lipinski definition) is 3. The average Bonchev–Trinajstić information content (AvgIpc) is 2.45.